The first-order valence-corrected chi connectivity index (χ1v) is 15.8. The Hall–Kier alpha value is -1.38. The Morgan fingerprint density at radius 2 is 0.806 bits per heavy atom. The van der Waals surface area contributed by atoms with E-state index in [1.807, 2.05) is 0 Å². The van der Waals surface area contributed by atoms with Crippen molar-refractivity contribution in [3.8, 4) is 17.2 Å². The fraction of sp³-hybridized carbons (Fsp3) is 0.818. The van der Waals surface area contributed by atoms with Crippen molar-refractivity contribution in [3.05, 3.63) is 16.7 Å². The monoisotopic (exact) mass is 504 g/mol. The molecule has 0 heterocycles. The zero-order valence-corrected chi connectivity index (χ0v) is 24.6. The molecule has 1 aromatic rings. The van der Waals surface area contributed by atoms with Gasteiger partial charge in [-0.3, -0.25) is 0 Å². The van der Waals surface area contributed by atoms with Crippen molar-refractivity contribution >= 4 is 0 Å². The van der Waals surface area contributed by atoms with Crippen LogP contribution in [0.25, 0.3) is 0 Å². The van der Waals surface area contributed by atoms with Crippen LogP contribution in [0.5, 0.6) is 17.2 Å². The molecular formula is C33H60O3. The Morgan fingerprint density at radius 3 is 1.25 bits per heavy atom. The Morgan fingerprint density at radius 1 is 0.417 bits per heavy atom. The molecule has 0 saturated heterocycles. The fourth-order valence-electron chi connectivity index (χ4n) is 5.30. The summed E-state index contributed by atoms with van der Waals surface area (Å²) >= 11 is 0. The predicted octanol–water partition coefficient (Wildman–Crippen LogP) is 10.6. The lowest BCUT2D eigenvalue weighted by Gasteiger charge is -2.22. The molecule has 3 nitrogen and oxygen atoms in total. The number of benzene rings is 1. The van der Waals surface area contributed by atoms with Gasteiger partial charge in [0, 0.05) is 11.1 Å². The number of hydrogen-bond acceptors (Lipinski definition) is 3. The molecule has 210 valence electrons. The van der Waals surface area contributed by atoms with Gasteiger partial charge in [0.2, 0.25) is 5.75 Å². The number of unbranched alkanes of at least 4 members (excludes halogenated alkanes) is 15. The number of hydrogen-bond donors (Lipinski definition) is 2. The molecule has 1 aromatic carbocycles. The van der Waals surface area contributed by atoms with E-state index in [9.17, 15) is 10.2 Å². The molecular weight excluding hydrogens is 444 g/mol. The molecule has 2 N–H and O–H groups in total. The van der Waals surface area contributed by atoms with Gasteiger partial charge >= 0.3 is 0 Å². The first-order chi connectivity index (χ1) is 17.6. The Kier molecular flexibility index (Phi) is 19.7. The lowest BCUT2D eigenvalue weighted by molar-refractivity contribution is 0.287. The summed E-state index contributed by atoms with van der Waals surface area (Å²) in [5, 5.41) is 22.2. The van der Waals surface area contributed by atoms with E-state index >= 15 is 0 Å². The van der Waals surface area contributed by atoms with Gasteiger partial charge in [0.25, 0.3) is 0 Å². The summed E-state index contributed by atoms with van der Waals surface area (Å²) in [5.41, 5.74) is 3.47. The van der Waals surface area contributed by atoms with Crippen LogP contribution < -0.4 is 4.74 Å². The van der Waals surface area contributed by atoms with Gasteiger partial charge in [-0.1, -0.05) is 124 Å². The molecule has 0 saturated carbocycles. The van der Waals surface area contributed by atoms with Crippen molar-refractivity contribution in [2.45, 2.75) is 169 Å². The molecule has 0 fully saturated rings. The average molecular weight is 505 g/mol. The highest BCUT2D eigenvalue weighted by Gasteiger charge is 2.24. The molecule has 0 aromatic heterocycles. The fourth-order valence-corrected chi connectivity index (χ4v) is 5.30. The van der Waals surface area contributed by atoms with Gasteiger partial charge in [-0.15, -0.1) is 0 Å². The minimum Gasteiger partial charge on any atom is -0.504 e. The average Bonchev–Trinajstić information content (AvgIpc) is 2.88. The van der Waals surface area contributed by atoms with Crippen LogP contribution in [0.3, 0.4) is 0 Å². The molecule has 3 heteroatoms. The largest absolute Gasteiger partial charge is 0.504 e. The highest BCUT2D eigenvalue weighted by molar-refractivity contribution is 5.62. The Bertz CT molecular complexity index is 668. The minimum atomic E-state index is -0.0166. The highest BCUT2D eigenvalue weighted by Crippen LogP contribution is 2.46. The molecule has 0 spiro atoms. The van der Waals surface area contributed by atoms with Crippen molar-refractivity contribution < 1.29 is 14.9 Å². The molecule has 0 aliphatic rings. The number of rotatable bonds is 24. The topological polar surface area (TPSA) is 49.7 Å². The summed E-state index contributed by atoms with van der Waals surface area (Å²) in [6, 6.07) is 0. The standard InChI is InChI=1S/C33H60O3/c1-5-9-12-15-18-21-24-28-29(25-22-19-16-13-10-6-2)31(34)32(35)33(36-27-8-4)30(28)26-23-20-17-14-11-7-3/h34-35H,5-27H2,1-4H3. The zero-order chi connectivity index (χ0) is 26.4. The molecule has 36 heavy (non-hydrogen) atoms. The zero-order valence-electron chi connectivity index (χ0n) is 24.6. The van der Waals surface area contributed by atoms with Crippen molar-refractivity contribution in [2.24, 2.45) is 0 Å². The van der Waals surface area contributed by atoms with Gasteiger partial charge in [-0.25, -0.2) is 0 Å². The SMILES string of the molecule is CCCCCCCCc1c(O)c(O)c(OCCC)c(CCCCCCCC)c1CCCCCCCC. The van der Waals surface area contributed by atoms with Gasteiger partial charge in [0.15, 0.2) is 11.5 Å². The second-order valence-corrected chi connectivity index (χ2v) is 10.9. The first kappa shape index (κ1) is 32.6. The van der Waals surface area contributed by atoms with Gasteiger partial charge in [0.05, 0.1) is 6.61 Å². The van der Waals surface area contributed by atoms with E-state index in [4.69, 9.17) is 4.74 Å². The van der Waals surface area contributed by atoms with Crippen LogP contribution in [0.1, 0.15) is 166 Å². The molecule has 0 atom stereocenters. The second-order valence-electron chi connectivity index (χ2n) is 10.9. The molecule has 0 radical (unpaired) electrons. The summed E-state index contributed by atoms with van der Waals surface area (Å²) < 4.78 is 6.11. The van der Waals surface area contributed by atoms with E-state index in [0.29, 0.717) is 12.4 Å². The summed E-state index contributed by atoms with van der Waals surface area (Å²) in [7, 11) is 0. The normalized spacial score (nSPS) is 11.3. The summed E-state index contributed by atoms with van der Waals surface area (Å²) in [4.78, 5) is 0. The molecule has 0 aliphatic heterocycles. The third kappa shape index (κ3) is 12.7. The lowest BCUT2D eigenvalue weighted by Crippen LogP contribution is -2.08. The smallest absolute Gasteiger partial charge is 0.201 e. The van der Waals surface area contributed by atoms with E-state index in [-0.39, 0.29) is 11.5 Å². The van der Waals surface area contributed by atoms with Crippen molar-refractivity contribution in [2.75, 3.05) is 6.61 Å². The maximum absolute atomic E-state index is 11.1. The van der Waals surface area contributed by atoms with Crippen LogP contribution in [0.2, 0.25) is 0 Å². The molecule has 1 rings (SSSR count). The van der Waals surface area contributed by atoms with Gasteiger partial charge in [-0.2, -0.15) is 0 Å². The molecule has 0 amide bonds. The van der Waals surface area contributed by atoms with Crippen LogP contribution >= 0.6 is 0 Å². The van der Waals surface area contributed by atoms with Gasteiger partial charge < -0.3 is 14.9 Å². The van der Waals surface area contributed by atoms with E-state index in [1.165, 1.54) is 107 Å². The summed E-state index contributed by atoms with van der Waals surface area (Å²) in [6.07, 6.45) is 26.2. The highest BCUT2D eigenvalue weighted by atomic mass is 16.5. The van der Waals surface area contributed by atoms with Crippen molar-refractivity contribution in [1.82, 2.24) is 0 Å². The van der Waals surface area contributed by atoms with Crippen molar-refractivity contribution in [3.63, 3.8) is 0 Å². The third-order valence-corrected chi connectivity index (χ3v) is 7.52. The van der Waals surface area contributed by atoms with Crippen LogP contribution in [0.15, 0.2) is 0 Å². The van der Waals surface area contributed by atoms with E-state index < -0.39 is 0 Å². The minimum absolute atomic E-state index is 0.0166. The lowest BCUT2D eigenvalue weighted by atomic mass is 9.88. The number of phenolic OH excluding ortho intramolecular Hbond substituents is 2. The van der Waals surface area contributed by atoms with Crippen LogP contribution in [0, 0.1) is 0 Å². The summed E-state index contributed by atoms with van der Waals surface area (Å²) in [6.45, 7) is 9.44. The van der Waals surface area contributed by atoms with E-state index in [2.05, 4.69) is 27.7 Å². The summed E-state index contributed by atoms with van der Waals surface area (Å²) in [5.74, 6) is 0.634. The Labute approximate surface area is 224 Å². The molecule has 0 bridgehead atoms. The first-order valence-electron chi connectivity index (χ1n) is 15.8. The molecule has 0 unspecified atom stereocenters. The number of aromatic hydroxyl groups is 2. The van der Waals surface area contributed by atoms with Gasteiger partial charge in [-0.05, 0) is 50.5 Å². The number of phenols is 2. The number of ether oxygens (including phenoxy) is 1. The second kappa shape index (κ2) is 21.7. The van der Waals surface area contributed by atoms with E-state index in [1.54, 1.807) is 0 Å². The maximum atomic E-state index is 11.1. The quantitative estimate of drug-likeness (QED) is 0.109. The third-order valence-electron chi connectivity index (χ3n) is 7.52. The predicted molar refractivity (Wildman–Crippen MR) is 157 cm³/mol. The van der Waals surface area contributed by atoms with Crippen LogP contribution in [0.4, 0.5) is 0 Å². The van der Waals surface area contributed by atoms with Crippen molar-refractivity contribution in [1.29, 1.82) is 0 Å². The van der Waals surface area contributed by atoms with Crippen LogP contribution in [-0.2, 0) is 19.3 Å². The maximum Gasteiger partial charge on any atom is 0.201 e. The van der Waals surface area contributed by atoms with Gasteiger partial charge in [0.1, 0.15) is 0 Å². The Balaban J connectivity index is 3.11. The van der Waals surface area contributed by atoms with E-state index in [0.717, 1.165) is 50.5 Å². The van der Waals surface area contributed by atoms with Crippen LogP contribution in [-0.4, -0.2) is 16.8 Å². The molecule has 0 aliphatic carbocycles.